The second kappa shape index (κ2) is 6.07. The summed E-state index contributed by atoms with van der Waals surface area (Å²) < 4.78 is 40.2. The molecule has 118 valence electrons. The fourth-order valence-electron chi connectivity index (χ4n) is 2.47. The van der Waals surface area contributed by atoms with Crippen molar-refractivity contribution in [3.63, 3.8) is 0 Å². The van der Waals surface area contributed by atoms with Crippen LogP contribution in [0.5, 0.6) is 0 Å². The number of aliphatic hydroxyl groups is 1. The number of aliphatic hydroxyl groups excluding tert-OH is 1. The van der Waals surface area contributed by atoms with E-state index in [1.54, 1.807) is 4.68 Å². The molecule has 1 aromatic carbocycles. The average molecular weight is 311 g/mol. The number of aryl methyl sites for hydroxylation is 1. The van der Waals surface area contributed by atoms with Crippen molar-refractivity contribution in [2.24, 2.45) is 0 Å². The van der Waals surface area contributed by atoms with Gasteiger partial charge in [-0.25, -0.2) is 13.8 Å². The van der Waals surface area contributed by atoms with Gasteiger partial charge in [-0.05, 0) is 12.1 Å². The predicted octanol–water partition coefficient (Wildman–Crippen LogP) is 1.21. The summed E-state index contributed by atoms with van der Waals surface area (Å²) in [7, 11) is 0. The molecule has 22 heavy (non-hydrogen) atoms. The molecule has 2 atom stereocenters. The van der Waals surface area contributed by atoms with E-state index in [1.165, 1.54) is 18.7 Å². The Hall–Kier alpha value is -1.90. The minimum Gasteiger partial charge on any atom is -0.394 e. The Morgan fingerprint density at radius 3 is 2.91 bits per heavy atom. The van der Waals surface area contributed by atoms with Crippen molar-refractivity contribution in [2.75, 3.05) is 13.2 Å². The molecule has 1 N–H and O–H groups in total. The van der Waals surface area contributed by atoms with Gasteiger partial charge in [0, 0.05) is 24.6 Å². The van der Waals surface area contributed by atoms with E-state index < -0.39 is 23.5 Å². The molecule has 0 saturated carbocycles. The Morgan fingerprint density at radius 1 is 1.41 bits per heavy atom. The van der Waals surface area contributed by atoms with E-state index in [0.29, 0.717) is 6.54 Å². The summed E-state index contributed by atoms with van der Waals surface area (Å²) in [6.45, 7) is 0.257. The fraction of sp³-hybridized carbons (Fsp3) is 0.429. The molecule has 2 unspecified atom stereocenters. The second-order valence-corrected chi connectivity index (χ2v) is 5.02. The van der Waals surface area contributed by atoms with Crippen molar-refractivity contribution in [2.45, 2.75) is 24.9 Å². The number of nitrogens with zero attached hydrogens (tertiary/aromatic N) is 3. The van der Waals surface area contributed by atoms with E-state index in [1.807, 2.05) is 0 Å². The summed E-state index contributed by atoms with van der Waals surface area (Å²) >= 11 is 0. The number of aromatic nitrogens is 3. The predicted molar refractivity (Wildman–Crippen MR) is 70.6 cm³/mol. The molecule has 1 aliphatic heterocycles. The van der Waals surface area contributed by atoms with Gasteiger partial charge in [-0.2, -0.15) is 5.10 Å². The maximum atomic E-state index is 14.1. The molecule has 3 rings (SSSR count). The first-order valence-electron chi connectivity index (χ1n) is 6.83. The number of ether oxygens (including phenoxy) is 2. The van der Waals surface area contributed by atoms with Crippen LogP contribution in [-0.4, -0.2) is 39.2 Å². The van der Waals surface area contributed by atoms with E-state index >= 15 is 0 Å². The maximum absolute atomic E-state index is 14.1. The maximum Gasteiger partial charge on any atom is 0.200 e. The van der Waals surface area contributed by atoms with Crippen LogP contribution in [0, 0.1) is 11.6 Å². The van der Waals surface area contributed by atoms with Gasteiger partial charge < -0.3 is 14.6 Å². The monoisotopic (exact) mass is 311 g/mol. The number of hydrogen-bond acceptors (Lipinski definition) is 5. The first-order chi connectivity index (χ1) is 10.6. The zero-order chi connectivity index (χ0) is 15.6. The summed E-state index contributed by atoms with van der Waals surface area (Å²) in [6.07, 6.45) is 2.60. The van der Waals surface area contributed by atoms with Crippen LogP contribution in [0.2, 0.25) is 0 Å². The van der Waals surface area contributed by atoms with Crippen molar-refractivity contribution in [3.8, 4) is 0 Å². The van der Waals surface area contributed by atoms with Gasteiger partial charge in [0.25, 0.3) is 0 Å². The molecule has 1 aliphatic rings. The quantitative estimate of drug-likeness (QED) is 0.899. The highest BCUT2D eigenvalue weighted by Crippen LogP contribution is 2.39. The Labute approximate surface area is 125 Å². The zero-order valence-corrected chi connectivity index (χ0v) is 11.7. The normalized spacial score (nSPS) is 24.8. The van der Waals surface area contributed by atoms with Gasteiger partial charge in [-0.1, -0.05) is 0 Å². The Morgan fingerprint density at radius 2 is 2.27 bits per heavy atom. The summed E-state index contributed by atoms with van der Waals surface area (Å²) in [4.78, 5) is 3.83. The first-order valence-corrected chi connectivity index (χ1v) is 6.83. The van der Waals surface area contributed by atoms with Crippen molar-refractivity contribution in [3.05, 3.63) is 48.1 Å². The molecule has 0 aliphatic carbocycles. The minimum atomic E-state index is -1.38. The van der Waals surface area contributed by atoms with Crippen molar-refractivity contribution in [1.82, 2.24) is 14.8 Å². The molecule has 2 heterocycles. The molecule has 0 radical (unpaired) electrons. The molecule has 1 aromatic heterocycles. The highest BCUT2D eigenvalue weighted by atomic mass is 19.1. The summed E-state index contributed by atoms with van der Waals surface area (Å²) in [6, 6.07) is 3.23. The zero-order valence-electron chi connectivity index (χ0n) is 11.7. The first kappa shape index (κ1) is 15.0. The smallest absolute Gasteiger partial charge is 0.200 e. The lowest BCUT2D eigenvalue weighted by atomic mass is 10.0. The Balaban J connectivity index is 1.89. The molecular formula is C14H15F2N3O3. The second-order valence-electron chi connectivity index (χ2n) is 5.02. The van der Waals surface area contributed by atoms with Crippen LogP contribution in [0.1, 0.15) is 12.0 Å². The third kappa shape index (κ3) is 2.85. The van der Waals surface area contributed by atoms with E-state index in [9.17, 15) is 13.9 Å². The third-order valence-electron chi connectivity index (χ3n) is 3.54. The molecule has 8 heteroatoms. The molecule has 0 spiro atoms. The molecule has 0 bridgehead atoms. The molecular weight excluding hydrogens is 296 g/mol. The van der Waals surface area contributed by atoms with Crippen molar-refractivity contribution < 1.29 is 23.4 Å². The molecule has 0 amide bonds. The summed E-state index contributed by atoms with van der Waals surface area (Å²) in [5, 5.41) is 13.2. The van der Waals surface area contributed by atoms with Gasteiger partial charge in [-0.3, -0.25) is 4.68 Å². The SMILES string of the molecule is OCC1COC(CCn2cncn2)(c2ccc(F)cc2F)O1. The topological polar surface area (TPSA) is 69.4 Å². The van der Waals surface area contributed by atoms with Gasteiger partial charge in [0.15, 0.2) is 5.79 Å². The highest BCUT2D eigenvalue weighted by molar-refractivity contribution is 5.24. The van der Waals surface area contributed by atoms with Gasteiger partial charge in [-0.15, -0.1) is 0 Å². The lowest BCUT2D eigenvalue weighted by Gasteiger charge is -2.28. The number of hydrogen-bond donors (Lipinski definition) is 1. The number of benzene rings is 1. The van der Waals surface area contributed by atoms with E-state index in [4.69, 9.17) is 9.47 Å². The average Bonchev–Trinajstić information content (AvgIpc) is 3.15. The molecule has 1 saturated heterocycles. The third-order valence-corrected chi connectivity index (χ3v) is 3.54. The van der Waals surface area contributed by atoms with Crippen LogP contribution >= 0.6 is 0 Å². The van der Waals surface area contributed by atoms with Crippen LogP contribution in [0.4, 0.5) is 8.78 Å². The molecule has 6 nitrogen and oxygen atoms in total. The fourth-order valence-corrected chi connectivity index (χ4v) is 2.47. The van der Waals surface area contributed by atoms with Gasteiger partial charge >= 0.3 is 0 Å². The van der Waals surface area contributed by atoms with Crippen LogP contribution in [0.15, 0.2) is 30.9 Å². The summed E-state index contributed by atoms with van der Waals surface area (Å²) in [5.74, 6) is -2.81. The van der Waals surface area contributed by atoms with Gasteiger partial charge in [0.1, 0.15) is 30.4 Å². The van der Waals surface area contributed by atoms with Crippen LogP contribution in [-0.2, 0) is 21.8 Å². The van der Waals surface area contributed by atoms with E-state index in [-0.39, 0.29) is 25.2 Å². The summed E-state index contributed by atoms with van der Waals surface area (Å²) in [5.41, 5.74) is 0.102. The number of halogens is 2. The Bertz CT molecular complexity index is 638. The highest BCUT2D eigenvalue weighted by Gasteiger charge is 2.44. The molecule has 1 fully saturated rings. The minimum absolute atomic E-state index is 0.102. The van der Waals surface area contributed by atoms with E-state index in [2.05, 4.69) is 10.1 Å². The Kier molecular flexibility index (Phi) is 4.14. The van der Waals surface area contributed by atoms with Crippen LogP contribution < -0.4 is 0 Å². The van der Waals surface area contributed by atoms with Gasteiger partial charge in [0.05, 0.1) is 13.2 Å². The van der Waals surface area contributed by atoms with Crippen molar-refractivity contribution >= 4 is 0 Å². The largest absolute Gasteiger partial charge is 0.394 e. The standard InChI is InChI=1S/C14H15F2N3O3/c15-10-1-2-12(13(16)5-10)14(21-7-11(6-20)22-14)3-4-19-9-17-8-18-19/h1-2,5,8-9,11,20H,3-4,6-7H2. The lowest BCUT2D eigenvalue weighted by Crippen LogP contribution is -2.31. The van der Waals surface area contributed by atoms with Gasteiger partial charge in [0.2, 0.25) is 0 Å². The van der Waals surface area contributed by atoms with E-state index in [0.717, 1.165) is 12.1 Å². The number of rotatable bonds is 5. The lowest BCUT2D eigenvalue weighted by molar-refractivity contribution is -0.188. The van der Waals surface area contributed by atoms with Crippen molar-refractivity contribution in [1.29, 1.82) is 0 Å². The molecule has 2 aromatic rings. The van der Waals surface area contributed by atoms with Crippen LogP contribution in [0.25, 0.3) is 0 Å². The van der Waals surface area contributed by atoms with Crippen LogP contribution in [0.3, 0.4) is 0 Å².